The van der Waals surface area contributed by atoms with Gasteiger partial charge >= 0.3 is 5.97 Å². The quantitative estimate of drug-likeness (QED) is 0.548. The summed E-state index contributed by atoms with van der Waals surface area (Å²) in [5, 5.41) is 8.48. The highest BCUT2D eigenvalue weighted by Crippen LogP contribution is 2.16. The number of hydrogen-bond donors (Lipinski definition) is 1. The number of aliphatic hydroxyl groups excluding tert-OH is 1. The molecule has 0 bridgehead atoms. The fraction of sp³-hybridized carbons (Fsp3) is 0.727. The van der Waals surface area contributed by atoms with Gasteiger partial charge in [0.25, 0.3) is 0 Å². The molecule has 4 nitrogen and oxygen atoms in total. The van der Waals surface area contributed by atoms with Crippen molar-refractivity contribution in [1.29, 1.82) is 0 Å². The predicted octanol–water partition coefficient (Wildman–Crippen LogP) is 1.04. The molecule has 0 amide bonds. The molecule has 0 spiro atoms. The van der Waals surface area contributed by atoms with Crippen molar-refractivity contribution in [2.75, 3.05) is 19.8 Å². The first kappa shape index (κ1) is 12.2. The van der Waals surface area contributed by atoms with Crippen molar-refractivity contribution in [2.45, 2.75) is 32.3 Å². The van der Waals surface area contributed by atoms with Crippen LogP contribution < -0.4 is 0 Å². The monoisotopic (exact) mass is 214 g/mol. The van der Waals surface area contributed by atoms with Crippen LogP contribution in [0.5, 0.6) is 0 Å². The Morgan fingerprint density at radius 1 is 1.67 bits per heavy atom. The van der Waals surface area contributed by atoms with Gasteiger partial charge in [0, 0.05) is 12.2 Å². The Morgan fingerprint density at radius 3 is 3.07 bits per heavy atom. The summed E-state index contributed by atoms with van der Waals surface area (Å²) >= 11 is 0. The minimum Gasteiger partial charge on any atom is -0.460 e. The van der Waals surface area contributed by atoms with Gasteiger partial charge in [-0.2, -0.15) is 0 Å². The summed E-state index contributed by atoms with van der Waals surface area (Å²) < 4.78 is 10.2. The van der Waals surface area contributed by atoms with Gasteiger partial charge in [0.05, 0.1) is 12.7 Å². The van der Waals surface area contributed by atoms with E-state index in [-0.39, 0.29) is 25.3 Å². The minimum atomic E-state index is -0.359. The van der Waals surface area contributed by atoms with Crippen LogP contribution in [0.4, 0.5) is 0 Å². The van der Waals surface area contributed by atoms with Crippen molar-refractivity contribution in [1.82, 2.24) is 0 Å². The number of esters is 1. The molecule has 1 aliphatic heterocycles. The van der Waals surface area contributed by atoms with E-state index in [1.54, 1.807) is 6.92 Å². The molecular formula is C11H18O4. The third-order valence-corrected chi connectivity index (χ3v) is 2.36. The van der Waals surface area contributed by atoms with Crippen molar-refractivity contribution in [2.24, 2.45) is 0 Å². The highest BCUT2D eigenvalue weighted by Gasteiger charge is 2.14. The van der Waals surface area contributed by atoms with E-state index >= 15 is 0 Å². The van der Waals surface area contributed by atoms with Gasteiger partial charge in [-0.25, -0.2) is 4.79 Å². The molecule has 0 aromatic carbocycles. The van der Waals surface area contributed by atoms with E-state index in [9.17, 15) is 4.79 Å². The lowest BCUT2D eigenvalue weighted by Gasteiger charge is -2.06. The topological polar surface area (TPSA) is 55.8 Å². The van der Waals surface area contributed by atoms with Crippen LogP contribution in [0, 0.1) is 0 Å². The third-order valence-electron chi connectivity index (χ3n) is 2.36. The minimum absolute atomic E-state index is 0.0595. The Kier molecular flexibility index (Phi) is 5.36. The SMILES string of the molecule is CC(=CCC1CCCO1)C(=O)OCCO. The summed E-state index contributed by atoms with van der Waals surface area (Å²) in [4.78, 5) is 11.3. The smallest absolute Gasteiger partial charge is 0.333 e. The van der Waals surface area contributed by atoms with Gasteiger partial charge in [0.15, 0.2) is 0 Å². The molecule has 0 radical (unpaired) electrons. The second-order valence-electron chi connectivity index (χ2n) is 3.62. The molecule has 1 rings (SSSR count). The number of ether oxygens (including phenoxy) is 2. The zero-order valence-corrected chi connectivity index (χ0v) is 9.07. The maximum absolute atomic E-state index is 11.3. The second kappa shape index (κ2) is 6.58. The lowest BCUT2D eigenvalue weighted by molar-refractivity contribution is -0.139. The molecular weight excluding hydrogens is 196 g/mol. The summed E-state index contributed by atoms with van der Waals surface area (Å²) in [6.45, 7) is 2.47. The molecule has 0 saturated carbocycles. The lowest BCUT2D eigenvalue weighted by atomic mass is 10.1. The van der Waals surface area contributed by atoms with E-state index in [4.69, 9.17) is 14.6 Å². The van der Waals surface area contributed by atoms with Crippen LogP contribution in [0.1, 0.15) is 26.2 Å². The largest absolute Gasteiger partial charge is 0.460 e. The molecule has 15 heavy (non-hydrogen) atoms. The van der Waals surface area contributed by atoms with Crippen LogP contribution in [0.25, 0.3) is 0 Å². The van der Waals surface area contributed by atoms with Crippen molar-refractivity contribution >= 4 is 5.97 Å². The summed E-state index contributed by atoms with van der Waals surface area (Å²) in [6.07, 6.45) is 5.03. The van der Waals surface area contributed by atoms with Crippen LogP contribution in [-0.4, -0.2) is 37.0 Å². The number of aliphatic hydroxyl groups is 1. The van der Waals surface area contributed by atoms with E-state index in [0.29, 0.717) is 5.57 Å². The fourth-order valence-electron chi connectivity index (χ4n) is 1.47. The highest BCUT2D eigenvalue weighted by molar-refractivity contribution is 5.87. The molecule has 1 atom stereocenters. The van der Waals surface area contributed by atoms with E-state index in [1.165, 1.54) is 0 Å². The molecule has 0 aromatic heterocycles. The lowest BCUT2D eigenvalue weighted by Crippen LogP contribution is -2.10. The first-order valence-corrected chi connectivity index (χ1v) is 5.30. The van der Waals surface area contributed by atoms with Crippen LogP contribution >= 0.6 is 0 Å². The third kappa shape index (κ3) is 4.44. The normalized spacial score (nSPS) is 21.7. The summed E-state index contributed by atoms with van der Waals surface area (Å²) in [5.74, 6) is -0.359. The van der Waals surface area contributed by atoms with Gasteiger partial charge < -0.3 is 14.6 Å². The predicted molar refractivity (Wildman–Crippen MR) is 55.4 cm³/mol. The zero-order valence-electron chi connectivity index (χ0n) is 9.07. The van der Waals surface area contributed by atoms with Crippen molar-refractivity contribution < 1.29 is 19.4 Å². The molecule has 0 aliphatic carbocycles. The second-order valence-corrected chi connectivity index (χ2v) is 3.62. The summed E-state index contributed by atoms with van der Waals surface area (Å²) in [7, 11) is 0. The molecule has 86 valence electrons. The molecule has 1 N–H and O–H groups in total. The fourth-order valence-corrected chi connectivity index (χ4v) is 1.47. The van der Waals surface area contributed by atoms with Crippen molar-refractivity contribution in [3.05, 3.63) is 11.6 Å². The number of carbonyl (C=O) groups is 1. The van der Waals surface area contributed by atoms with E-state index in [1.807, 2.05) is 6.08 Å². The molecule has 0 aromatic rings. The Bertz CT molecular complexity index is 229. The van der Waals surface area contributed by atoms with Gasteiger partial charge in [-0.15, -0.1) is 0 Å². The molecule has 1 fully saturated rings. The van der Waals surface area contributed by atoms with Crippen molar-refractivity contribution in [3.8, 4) is 0 Å². The molecule has 1 aliphatic rings. The number of hydrogen-bond acceptors (Lipinski definition) is 4. The first-order valence-electron chi connectivity index (χ1n) is 5.30. The van der Waals surface area contributed by atoms with Gasteiger partial charge in [-0.3, -0.25) is 0 Å². The maximum atomic E-state index is 11.3. The average Bonchev–Trinajstić information content (AvgIpc) is 2.75. The molecule has 4 heteroatoms. The van der Waals surface area contributed by atoms with Gasteiger partial charge in [0.2, 0.25) is 0 Å². The van der Waals surface area contributed by atoms with Crippen LogP contribution in [0.2, 0.25) is 0 Å². The maximum Gasteiger partial charge on any atom is 0.333 e. The molecule has 1 saturated heterocycles. The molecule has 1 heterocycles. The first-order chi connectivity index (χ1) is 7.24. The Hall–Kier alpha value is -0.870. The zero-order chi connectivity index (χ0) is 11.1. The Labute approximate surface area is 89.9 Å². The number of carbonyl (C=O) groups excluding carboxylic acids is 1. The average molecular weight is 214 g/mol. The van der Waals surface area contributed by atoms with E-state index in [2.05, 4.69) is 0 Å². The van der Waals surface area contributed by atoms with Crippen LogP contribution in [-0.2, 0) is 14.3 Å². The van der Waals surface area contributed by atoms with Crippen LogP contribution in [0.3, 0.4) is 0 Å². The van der Waals surface area contributed by atoms with Crippen LogP contribution in [0.15, 0.2) is 11.6 Å². The van der Waals surface area contributed by atoms with E-state index < -0.39 is 0 Å². The highest BCUT2D eigenvalue weighted by atomic mass is 16.5. The summed E-state index contributed by atoms with van der Waals surface area (Å²) in [6, 6.07) is 0. The Morgan fingerprint density at radius 2 is 2.47 bits per heavy atom. The van der Waals surface area contributed by atoms with Gasteiger partial charge in [-0.1, -0.05) is 6.08 Å². The molecule has 1 unspecified atom stereocenters. The standard InChI is InChI=1S/C11H18O4/c1-9(11(13)15-8-6-12)4-5-10-3-2-7-14-10/h4,10,12H,2-3,5-8H2,1H3. The summed E-state index contributed by atoms with van der Waals surface area (Å²) in [5.41, 5.74) is 0.582. The number of rotatable bonds is 5. The van der Waals surface area contributed by atoms with Gasteiger partial charge in [-0.05, 0) is 26.2 Å². The Balaban J connectivity index is 2.27. The van der Waals surface area contributed by atoms with Gasteiger partial charge in [0.1, 0.15) is 6.61 Å². The van der Waals surface area contributed by atoms with Crippen molar-refractivity contribution in [3.63, 3.8) is 0 Å². The van der Waals surface area contributed by atoms with E-state index in [0.717, 1.165) is 25.9 Å².